The Morgan fingerprint density at radius 1 is 1.83 bits per heavy atom. The second kappa shape index (κ2) is 4.44. The quantitative estimate of drug-likeness (QED) is 0.481. The van der Waals surface area contributed by atoms with Gasteiger partial charge < -0.3 is 0 Å². The molecule has 1 rings (SSSR count). The van der Waals surface area contributed by atoms with Gasteiger partial charge in [-0.05, 0) is 0 Å². The van der Waals surface area contributed by atoms with E-state index in [1.165, 1.54) is 0 Å². The number of carboxylic acid groups (broad SMARTS) is 1. The molecule has 0 unspecified atom stereocenters. The number of hydrogen-bond acceptors (Lipinski definition) is 2. The molecule has 12 heavy (non-hydrogen) atoms. The fourth-order valence-corrected chi connectivity index (χ4v) is 2.31. The summed E-state index contributed by atoms with van der Waals surface area (Å²) in [5.74, 6) is -0.760. The Hall–Kier alpha value is -0.590. The maximum absolute atomic E-state index is 10.3. The first kappa shape index (κ1) is 9.50. The van der Waals surface area contributed by atoms with Crippen molar-refractivity contribution >= 4 is 5.97 Å². The molecule has 0 saturated heterocycles. The Labute approximate surface area is 80.9 Å². The molecular weight excluding hydrogens is 271 g/mol. The Bertz CT molecular complexity index is 272. The third-order valence-corrected chi connectivity index (χ3v) is 3.26. The number of carboxylic acids is 1. The van der Waals surface area contributed by atoms with Crippen LogP contribution >= 0.6 is 0 Å². The van der Waals surface area contributed by atoms with E-state index >= 15 is 0 Å². The van der Waals surface area contributed by atoms with Gasteiger partial charge in [0.15, 0.2) is 0 Å². The first-order valence-corrected chi connectivity index (χ1v) is 6.70. The number of alkyl halides is 1. The first-order valence-electron chi connectivity index (χ1n) is 3.46. The second-order valence-corrected chi connectivity index (χ2v) is 4.27. The molecule has 0 fully saturated rings. The Kier molecular flexibility index (Phi) is 3.51. The van der Waals surface area contributed by atoms with Crippen LogP contribution in [-0.4, -0.2) is 25.6 Å². The van der Waals surface area contributed by atoms with Crippen LogP contribution in [0.2, 0.25) is 0 Å². The van der Waals surface area contributed by atoms with Gasteiger partial charge in [0.25, 0.3) is 0 Å². The van der Waals surface area contributed by atoms with Gasteiger partial charge in [-0.15, -0.1) is 0 Å². The van der Waals surface area contributed by atoms with E-state index < -0.39 is 5.97 Å². The van der Waals surface area contributed by atoms with E-state index in [0.717, 1.165) is 3.83 Å². The van der Waals surface area contributed by atoms with Gasteiger partial charge in [-0.2, -0.15) is 0 Å². The van der Waals surface area contributed by atoms with Crippen molar-refractivity contribution in [3.8, 4) is 0 Å². The Morgan fingerprint density at radius 3 is 3.17 bits per heavy atom. The fourth-order valence-electron chi connectivity index (χ4n) is 0.851. The van der Waals surface area contributed by atoms with Crippen molar-refractivity contribution in [2.75, 3.05) is 4.93 Å². The van der Waals surface area contributed by atoms with Gasteiger partial charge >= 0.3 is 80.7 Å². The zero-order valence-electron chi connectivity index (χ0n) is 6.70. The molecule has 0 radical (unpaired) electrons. The predicted molar refractivity (Wildman–Crippen MR) is 39.1 cm³/mol. The van der Waals surface area contributed by atoms with E-state index in [0.29, 0.717) is 6.54 Å². The van der Waals surface area contributed by atoms with Crippen molar-refractivity contribution in [3.63, 3.8) is 0 Å². The van der Waals surface area contributed by atoms with Gasteiger partial charge in [0.2, 0.25) is 0 Å². The summed E-state index contributed by atoms with van der Waals surface area (Å²) < 4.78 is 2.97. The number of rotatable bonds is 4. The number of aromatic nitrogens is 2. The molecule has 0 aliphatic heterocycles. The molecule has 1 aromatic rings. The summed E-state index contributed by atoms with van der Waals surface area (Å²) >= 11 is -0.0482. The normalized spacial score (nSPS) is 10.4. The number of hydrogen-bond donors (Lipinski definition) is 1. The number of imidazole rings is 1. The molecule has 68 valence electrons. The third-order valence-electron chi connectivity index (χ3n) is 1.40. The number of aryl methyl sites for hydroxylation is 1. The second-order valence-electron chi connectivity index (χ2n) is 2.22. The molecule has 0 aromatic carbocycles. The maximum atomic E-state index is 10.3. The van der Waals surface area contributed by atoms with Crippen molar-refractivity contribution in [3.05, 3.63) is 16.2 Å². The molecule has 0 aliphatic rings. The predicted octanol–water partition coefficient (Wildman–Crippen LogP) is -2.75. The van der Waals surface area contributed by atoms with Crippen molar-refractivity contribution in [1.29, 1.82) is 0 Å². The SMILES string of the molecule is C[I-]c1nccn1CCC(=O)O. The van der Waals surface area contributed by atoms with Gasteiger partial charge in [0.05, 0.1) is 0 Å². The number of carbonyl (C=O) groups is 1. The van der Waals surface area contributed by atoms with Crippen molar-refractivity contribution in [2.24, 2.45) is 0 Å². The molecule has 1 heterocycles. The molecule has 4 nitrogen and oxygen atoms in total. The molecule has 5 heteroatoms. The molecular formula is C7H10IN2O2-. The molecule has 1 aromatic heterocycles. The van der Waals surface area contributed by atoms with E-state index in [1.54, 1.807) is 6.20 Å². The molecule has 1 N–H and O–H groups in total. The topological polar surface area (TPSA) is 55.1 Å². The van der Waals surface area contributed by atoms with Crippen LogP contribution in [0.4, 0.5) is 0 Å². The third kappa shape index (κ3) is 2.47. The minimum absolute atomic E-state index is 0.0482. The van der Waals surface area contributed by atoms with Crippen LogP contribution in [0.5, 0.6) is 0 Å². The molecule has 0 atom stereocenters. The Balaban J connectivity index is 2.56. The summed E-state index contributed by atoms with van der Waals surface area (Å²) in [6.45, 7) is 0.540. The van der Waals surface area contributed by atoms with Crippen LogP contribution in [0, 0.1) is 3.83 Å². The Morgan fingerprint density at radius 2 is 2.58 bits per heavy atom. The number of halogens is 1. The zero-order chi connectivity index (χ0) is 8.97. The van der Waals surface area contributed by atoms with E-state index in [4.69, 9.17) is 5.11 Å². The average Bonchev–Trinajstić information content (AvgIpc) is 2.47. The molecule has 0 bridgehead atoms. The van der Waals surface area contributed by atoms with Crippen LogP contribution < -0.4 is 21.2 Å². The van der Waals surface area contributed by atoms with Crippen LogP contribution in [0.1, 0.15) is 6.42 Å². The van der Waals surface area contributed by atoms with Crippen LogP contribution in [0.15, 0.2) is 12.4 Å². The van der Waals surface area contributed by atoms with Crippen molar-refractivity contribution < 1.29 is 31.1 Å². The molecule has 0 saturated carbocycles. The summed E-state index contributed by atoms with van der Waals surface area (Å²) in [4.78, 5) is 16.5. The summed E-state index contributed by atoms with van der Waals surface area (Å²) in [6, 6.07) is 0. The summed E-state index contributed by atoms with van der Waals surface area (Å²) in [6.07, 6.45) is 3.73. The number of aliphatic carboxylic acids is 1. The zero-order valence-corrected chi connectivity index (χ0v) is 8.85. The van der Waals surface area contributed by atoms with Gasteiger partial charge in [0, 0.05) is 0 Å². The van der Waals surface area contributed by atoms with Gasteiger partial charge in [-0.3, -0.25) is 0 Å². The van der Waals surface area contributed by atoms with Gasteiger partial charge in [-0.1, -0.05) is 0 Å². The first-order chi connectivity index (χ1) is 5.74. The van der Waals surface area contributed by atoms with E-state index in [9.17, 15) is 4.79 Å². The molecule has 0 aliphatic carbocycles. The van der Waals surface area contributed by atoms with Gasteiger partial charge in [-0.25, -0.2) is 0 Å². The molecule has 0 amide bonds. The van der Waals surface area contributed by atoms with Crippen LogP contribution in [0.3, 0.4) is 0 Å². The van der Waals surface area contributed by atoms with Gasteiger partial charge in [0.1, 0.15) is 0 Å². The summed E-state index contributed by atoms with van der Waals surface area (Å²) in [5, 5.41) is 8.45. The summed E-state index contributed by atoms with van der Waals surface area (Å²) in [7, 11) is 0. The monoisotopic (exact) mass is 281 g/mol. The summed E-state index contributed by atoms with van der Waals surface area (Å²) in [5.41, 5.74) is 0. The van der Waals surface area contributed by atoms with E-state index in [-0.39, 0.29) is 27.6 Å². The standard InChI is InChI=1S/C7H10IN2O2/c1-8-7-9-3-5-10(7)4-2-6(11)12/h3,5H,2,4H2,1H3,(H,11,12)/q-1. The van der Waals surface area contributed by atoms with E-state index in [1.807, 2.05) is 10.8 Å². The minimum atomic E-state index is -0.760. The van der Waals surface area contributed by atoms with Crippen LogP contribution in [0.25, 0.3) is 0 Å². The average molecular weight is 281 g/mol. The van der Waals surface area contributed by atoms with Crippen molar-refractivity contribution in [1.82, 2.24) is 9.55 Å². The molecule has 0 spiro atoms. The number of nitrogens with zero attached hydrogens (tertiary/aromatic N) is 2. The van der Waals surface area contributed by atoms with Crippen LogP contribution in [-0.2, 0) is 11.3 Å². The van der Waals surface area contributed by atoms with E-state index in [2.05, 4.69) is 9.91 Å². The fraction of sp³-hybridized carbons (Fsp3) is 0.429. The van der Waals surface area contributed by atoms with Crippen molar-refractivity contribution in [2.45, 2.75) is 13.0 Å².